The standard InChI is InChI=1S/C25H30F4N6O3S/c1-15-11-20(32-23(30-15)34-9-6-25(28,29)7-10-34)31-21(36)18-4-3-17(33-39(2,37)38)12-19(18)35-8-5-24(22(26)27)13-16(24)14-35/h3-4,11-12,16,22,33H,5-10,13-14H2,1-2H3,(H,30,31,32,36)/t16-,24+/m1/s1. The number of carbonyl (C=O) groups excluding carboxylic acids is 1. The molecule has 1 aromatic heterocycles. The fourth-order valence-electron chi connectivity index (χ4n) is 5.49. The summed E-state index contributed by atoms with van der Waals surface area (Å²) in [4.78, 5) is 25.7. The van der Waals surface area contributed by atoms with Crippen LogP contribution < -0.4 is 19.8 Å². The predicted molar refractivity (Wildman–Crippen MR) is 139 cm³/mol. The van der Waals surface area contributed by atoms with Gasteiger partial charge in [-0.2, -0.15) is 4.98 Å². The third kappa shape index (κ3) is 5.89. The minimum absolute atomic E-state index is 0.0824. The summed E-state index contributed by atoms with van der Waals surface area (Å²) in [5, 5.41) is 2.74. The maximum absolute atomic E-state index is 13.6. The number of halogens is 4. The SMILES string of the molecule is Cc1cc(NC(=O)c2ccc(NS(C)(=O)=O)cc2N2CC[C@]3(C(F)F)C[C@@H]3C2)nc(N2CCC(F)(F)CC2)n1. The quantitative estimate of drug-likeness (QED) is 0.482. The van der Waals surface area contributed by atoms with Crippen molar-refractivity contribution < 1.29 is 30.8 Å². The highest BCUT2D eigenvalue weighted by Gasteiger charge is 2.62. The maximum atomic E-state index is 13.6. The minimum Gasteiger partial charge on any atom is -0.370 e. The van der Waals surface area contributed by atoms with Crippen molar-refractivity contribution in [2.45, 2.75) is 45.0 Å². The molecule has 5 rings (SSSR count). The molecular formula is C25H30F4N6O3S. The Morgan fingerprint density at radius 3 is 2.41 bits per heavy atom. The highest BCUT2D eigenvalue weighted by atomic mass is 32.2. The van der Waals surface area contributed by atoms with Gasteiger partial charge < -0.3 is 15.1 Å². The lowest BCUT2D eigenvalue weighted by Crippen LogP contribution is -2.40. The van der Waals surface area contributed by atoms with E-state index in [1.54, 1.807) is 17.9 Å². The van der Waals surface area contributed by atoms with Crippen LogP contribution in [0.25, 0.3) is 0 Å². The number of nitrogens with one attached hydrogen (secondary N) is 2. The van der Waals surface area contributed by atoms with E-state index in [4.69, 9.17) is 0 Å². The van der Waals surface area contributed by atoms with Crippen LogP contribution in [0.5, 0.6) is 0 Å². The molecule has 0 unspecified atom stereocenters. The molecule has 3 fully saturated rings. The molecular weight excluding hydrogens is 540 g/mol. The van der Waals surface area contributed by atoms with Crippen LogP contribution in [0.4, 0.5) is 40.7 Å². The van der Waals surface area contributed by atoms with Crippen LogP contribution in [-0.2, 0) is 10.0 Å². The fourth-order valence-corrected chi connectivity index (χ4v) is 6.04. The van der Waals surface area contributed by atoms with Crippen molar-refractivity contribution in [1.82, 2.24) is 9.97 Å². The van der Waals surface area contributed by atoms with Gasteiger partial charge in [0.25, 0.3) is 11.8 Å². The third-order valence-electron chi connectivity index (χ3n) is 7.75. The van der Waals surface area contributed by atoms with Gasteiger partial charge in [-0.25, -0.2) is 31.0 Å². The molecule has 2 aromatic rings. The molecule has 14 heteroatoms. The van der Waals surface area contributed by atoms with Crippen LogP contribution >= 0.6 is 0 Å². The van der Waals surface area contributed by atoms with Crippen LogP contribution in [0.3, 0.4) is 0 Å². The number of alkyl halides is 4. The smallest absolute Gasteiger partial charge is 0.258 e. The fraction of sp³-hybridized carbons (Fsp3) is 0.560. The second kappa shape index (κ2) is 9.79. The van der Waals surface area contributed by atoms with Crippen LogP contribution in [0.2, 0.25) is 0 Å². The molecule has 212 valence electrons. The monoisotopic (exact) mass is 570 g/mol. The Kier molecular flexibility index (Phi) is 6.88. The number of hydrogen-bond donors (Lipinski definition) is 2. The Hall–Kier alpha value is -3.16. The van der Waals surface area contributed by atoms with Gasteiger partial charge in [0.1, 0.15) is 5.82 Å². The number of fused-ring (bicyclic) bond motifs is 1. The minimum atomic E-state index is -3.59. The maximum Gasteiger partial charge on any atom is 0.258 e. The normalized spacial score (nSPS) is 24.3. The number of aromatic nitrogens is 2. The van der Waals surface area contributed by atoms with E-state index >= 15 is 0 Å². The molecule has 39 heavy (non-hydrogen) atoms. The first-order valence-electron chi connectivity index (χ1n) is 12.7. The molecule has 2 atom stereocenters. The Morgan fingerprint density at radius 1 is 1.08 bits per heavy atom. The molecule has 0 bridgehead atoms. The number of nitrogens with zero attached hydrogens (tertiary/aromatic N) is 4. The van der Waals surface area contributed by atoms with E-state index in [1.165, 1.54) is 18.2 Å². The number of anilines is 4. The average Bonchev–Trinajstić information content (AvgIpc) is 3.58. The lowest BCUT2D eigenvalue weighted by molar-refractivity contribution is -0.0222. The van der Waals surface area contributed by atoms with E-state index in [0.29, 0.717) is 30.9 Å². The molecule has 1 saturated carbocycles. The lowest BCUT2D eigenvalue weighted by atomic mass is 9.95. The second-order valence-electron chi connectivity index (χ2n) is 10.7. The van der Waals surface area contributed by atoms with Gasteiger partial charge in [0.2, 0.25) is 22.4 Å². The molecule has 0 spiro atoms. The zero-order chi connectivity index (χ0) is 28.2. The summed E-state index contributed by atoms with van der Waals surface area (Å²) in [6.45, 7) is 2.48. The van der Waals surface area contributed by atoms with Crippen LogP contribution in [-0.4, -0.2) is 69.1 Å². The summed E-state index contributed by atoms with van der Waals surface area (Å²) >= 11 is 0. The Morgan fingerprint density at radius 2 is 1.77 bits per heavy atom. The van der Waals surface area contributed by atoms with Gasteiger partial charge >= 0.3 is 0 Å². The molecule has 1 amide bonds. The van der Waals surface area contributed by atoms with E-state index < -0.39 is 33.7 Å². The molecule has 2 saturated heterocycles. The van der Waals surface area contributed by atoms with Gasteiger partial charge in [0.15, 0.2) is 0 Å². The summed E-state index contributed by atoms with van der Waals surface area (Å²) in [6, 6.07) is 6.01. The van der Waals surface area contributed by atoms with Crippen molar-refractivity contribution >= 4 is 39.1 Å². The zero-order valence-electron chi connectivity index (χ0n) is 21.6. The van der Waals surface area contributed by atoms with E-state index in [2.05, 4.69) is 20.0 Å². The molecule has 3 heterocycles. The highest BCUT2D eigenvalue weighted by Crippen LogP contribution is 2.61. The van der Waals surface area contributed by atoms with Gasteiger partial charge in [-0.15, -0.1) is 0 Å². The first-order chi connectivity index (χ1) is 18.2. The number of benzene rings is 1. The van der Waals surface area contributed by atoms with E-state index in [-0.39, 0.29) is 61.3 Å². The van der Waals surface area contributed by atoms with E-state index in [9.17, 15) is 30.8 Å². The number of piperidine rings is 2. The van der Waals surface area contributed by atoms with Crippen molar-refractivity contribution in [3.8, 4) is 0 Å². The molecule has 0 radical (unpaired) electrons. The topological polar surface area (TPSA) is 108 Å². The number of carbonyl (C=O) groups is 1. The average molecular weight is 571 g/mol. The second-order valence-corrected chi connectivity index (χ2v) is 12.5. The van der Waals surface area contributed by atoms with Crippen molar-refractivity contribution in [2.24, 2.45) is 11.3 Å². The van der Waals surface area contributed by atoms with E-state index in [0.717, 1.165) is 6.26 Å². The lowest BCUT2D eigenvalue weighted by Gasteiger charge is -2.34. The van der Waals surface area contributed by atoms with Gasteiger partial charge in [-0.1, -0.05) is 0 Å². The Labute approximate surface area is 224 Å². The summed E-state index contributed by atoms with van der Waals surface area (Å²) < 4.78 is 80.4. The van der Waals surface area contributed by atoms with Gasteiger partial charge in [-0.3, -0.25) is 9.52 Å². The van der Waals surface area contributed by atoms with Gasteiger partial charge in [0.05, 0.1) is 23.2 Å². The number of hydrogen-bond acceptors (Lipinski definition) is 7. The number of amides is 1. The molecule has 2 N–H and O–H groups in total. The largest absolute Gasteiger partial charge is 0.370 e. The van der Waals surface area contributed by atoms with E-state index in [1.807, 2.05) is 4.90 Å². The van der Waals surface area contributed by atoms with Gasteiger partial charge in [0, 0.05) is 56.2 Å². The van der Waals surface area contributed by atoms with Crippen LogP contribution in [0.1, 0.15) is 41.7 Å². The van der Waals surface area contributed by atoms with Crippen molar-refractivity contribution in [3.05, 3.63) is 35.5 Å². The van der Waals surface area contributed by atoms with Gasteiger partial charge in [-0.05, 0) is 43.9 Å². The number of aryl methyl sites for hydroxylation is 1. The van der Waals surface area contributed by atoms with Crippen molar-refractivity contribution in [2.75, 3.05) is 52.3 Å². The van der Waals surface area contributed by atoms with Crippen LogP contribution in [0, 0.1) is 18.3 Å². The van der Waals surface area contributed by atoms with Crippen LogP contribution in [0.15, 0.2) is 24.3 Å². The summed E-state index contributed by atoms with van der Waals surface area (Å²) in [5.41, 5.74) is 0.436. The molecule has 1 aliphatic carbocycles. The third-order valence-corrected chi connectivity index (χ3v) is 8.36. The Balaban J connectivity index is 1.40. The summed E-state index contributed by atoms with van der Waals surface area (Å²) in [6.07, 6.45) is -1.35. The molecule has 2 aliphatic heterocycles. The molecule has 1 aromatic carbocycles. The number of rotatable bonds is 7. The molecule has 9 nitrogen and oxygen atoms in total. The summed E-state index contributed by atoms with van der Waals surface area (Å²) in [5.74, 6) is -3.05. The number of sulfonamides is 1. The summed E-state index contributed by atoms with van der Waals surface area (Å²) in [7, 11) is -3.59. The highest BCUT2D eigenvalue weighted by molar-refractivity contribution is 7.92. The van der Waals surface area contributed by atoms with Crippen molar-refractivity contribution in [1.29, 1.82) is 0 Å². The predicted octanol–water partition coefficient (Wildman–Crippen LogP) is 4.13. The molecule has 3 aliphatic rings. The first kappa shape index (κ1) is 27.4. The first-order valence-corrected chi connectivity index (χ1v) is 14.6. The zero-order valence-corrected chi connectivity index (χ0v) is 22.4. The van der Waals surface area contributed by atoms with Crippen molar-refractivity contribution in [3.63, 3.8) is 0 Å². The Bertz CT molecular complexity index is 1380.